The van der Waals surface area contributed by atoms with Gasteiger partial charge in [-0.1, -0.05) is 12.1 Å². The molecule has 0 aliphatic carbocycles. The highest BCUT2D eigenvalue weighted by Crippen LogP contribution is 2.25. The molecule has 4 aromatic rings. The number of phenolic OH excluding ortho intramolecular Hbond substituents is 1. The van der Waals surface area contributed by atoms with Crippen LogP contribution in [0.25, 0.3) is 11.0 Å². The lowest BCUT2D eigenvalue weighted by molar-refractivity contribution is 0.0475. The fraction of sp³-hybridized carbons (Fsp3) is 0.0833. The first-order valence-corrected chi connectivity index (χ1v) is 11.4. The van der Waals surface area contributed by atoms with Crippen LogP contribution in [0.15, 0.2) is 80.8 Å². The summed E-state index contributed by atoms with van der Waals surface area (Å²) in [6, 6.07) is 14.5. The molecule has 0 bridgehead atoms. The van der Waals surface area contributed by atoms with Crippen LogP contribution in [-0.4, -0.2) is 19.5 Å². The Hall–Kier alpha value is -4.18. The molecule has 0 saturated carbocycles. The molecule has 0 aliphatic rings. The highest BCUT2D eigenvalue weighted by Gasteiger charge is 2.21. The predicted octanol–water partition coefficient (Wildman–Crippen LogP) is 4.10. The Kier molecular flexibility index (Phi) is 6.08. The molecular weight excluding hydrogens is 465 g/mol. The van der Waals surface area contributed by atoms with E-state index < -0.39 is 27.4 Å². The van der Waals surface area contributed by atoms with E-state index in [2.05, 4.69) is 4.72 Å². The monoisotopic (exact) mass is 483 g/mol. The number of anilines is 1. The van der Waals surface area contributed by atoms with Gasteiger partial charge in [0.1, 0.15) is 23.8 Å². The number of rotatable bonds is 6. The van der Waals surface area contributed by atoms with E-state index in [0.717, 1.165) is 18.2 Å². The molecule has 0 saturated heterocycles. The van der Waals surface area contributed by atoms with Gasteiger partial charge in [-0.3, -0.25) is 4.72 Å². The average molecular weight is 483 g/mol. The maximum Gasteiger partial charge on any atom is 0.340 e. The van der Waals surface area contributed by atoms with E-state index in [1.807, 2.05) is 0 Å². The van der Waals surface area contributed by atoms with E-state index in [-0.39, 0.29) is 39.6 Å². The molecule has 1 aromatic heterocycles. The van der Waals surface area contributed by atoms with Crippen molar-refractivity contribution in [2.75, 3.05) is 4.72 Å². The highest BCUT2D eigenvalue weighted by molar-refractivity contribution is 7.92. The number of aryl methyl sites for hydroxylation is 1. The molecule has 3 aromatic carbocycles. The van der Waals surface area contributed by atoms with Crippen LogP contribution in [-0.2, 0) is 21.4 Å². The topological polar surface area (TPSA) is 123 Å². The molecule has 0 unspecified atom stereocenters. The summed E-state index contributed by atoms with van der Waals surface area (Å²) in [5.74, 6) is -1.50. The molecule has 0 amide bonds. The van der Waals surface area contributed by atoms with Gasteiger partial charge in [0.15, 0.2) is 0 Å². The molecule has 0 spiro atoms. The van der Waals surface area contributed by atoms with Crippen molar-refractivity contribution in [1.82, 2.24) is 0 Å². The number of aromatic hydroxyl groups is 1. The normalized spacial score (nSPS) is 11.4. The van der Waals surface area contributed by atoms with Crippen molar-refractivity contribution in [1.29, 1.82) is 0 Å². The number of hydrogen-bond donors (Lipinski definition) is 2. The van der Waals surface area contributed by atoms with Crippen LogP contribution in [0.5, 0.6) is 5.75 Å². The third-order valence-corrected chi connectivity index (χ3v) is 6.52. The van der Waals surface area contributed by atoms with Crippen LogP contribution in [0.2, 0.25) is 0 Å². The van der Waals surface area contributed by atoms with Gasteiger partial charge in [0.2, 0.25) is 0 Å². The number of sulfonamides is 1. The molecule has 0 atom stereocenters. The van der Waals surface area contributed by atoms with Gasteiger partial charge in [0.05, 0.1) is 16.1 Å². The highest BCUT2D eigenvalue weighted by atomic mass is 32.2. The maximum absolute atomic E-state index is 13.4. The molecule has 8 nitrogen and oxygen atoms in total. The minimum atomic E-state index is -4.12. The first-order valence-electron chi connectivity index (χ1n) is 9.95. The van der Waals surface area contributed by atoms with Gasteiger partial charge in [0, 0.05) is 23.1 Å². The summed E-state index contributed by atoms with van der Waals surface area (Å²) in [6.45, 7) is 1.15. The lowest BCUT2D eigenvalue weighted by atomic mass is 10.1. The summed E-state index contributed by atoms with van der Waals surface area (Å²) in [7, 11) is -4.12. The van der Waals surface area contributed by atoms with E-state index in [9.17, 15) is 27.5 Å². The largest absolute Gasteiger partial charge is 0.508 e. The third kappa shape index (κ3) is 4.76. The summed E-state index contributed by atoms with van der Waals surface area (Å²) < 4.78 is 51.8. The Morgan fingerprint density at radius 3 is 2.62 bits per heavy atom. The maximum atomic E-state index is 13.4. The van der Waals surface area contributed by atoms with Gasteiger partial charge in [-0.25, -0.2) is 22.4 Å². The lowest BCUT2D eigenvalue weighted by Crippen LogP contribution is -2.17. The Morgan fingerprint density at radius 1 is 1.09 bits per heavy atom. The zero-order chi connectivity index (χ0) is 24.5. The van der Waals surface area contributed by atoms with E-state index in [0.29, 0.717) is 10.9 Å². The minimum absolute atomic E-state index is 0.0291. The molecule has 0 aliphatic heterocycles. The second-order valence-electron chi connectivity index (χ2n) is 7.41. The number of esters is 1. The summed E-state index contributed by atoms with van der Waals surface area (Å²) >= 11 is 0. The second-order valence-corrected chi connectivity index (χ2v) is 9.06. The first kappa shape index (κ1) is 23.0. The Balaban J connectivity index is 1.59. The first-order chi connectivity index (χ1) is 16.1. The van der Waals surface area contributed by atoms with Crippen molar-refractivity contribution in [3.05, 3.63) is 99.7 Å². The van der Waals surface area contributed by atoms with E-state index in [1.54, 1.807) is 0 Å². The quantitative estimate of drug-likeness (QED) is 0.313. The van der Waals surface area contributed by atoms with Gasteiger partial charge in [-0.15, -0.1) is 0 Å². The Bertz CT molecular complexity index is 1580. The van der Waals surface area contributed by atoms with Crippen LogP contribution in [0, 0.1) is 12.7 Å². The molecule has 1 heterocycles. The smallest absolute Gasteiger partial charge is 0.340 e. The van der Waals surface area contributed by atoms with Crippen LogP contribution >= 0.6 is 0 Å². The summed E-state index contributed by atoms with van der Waals surface area (Å²) in [5, 5.41) is 10.1. The van der Waals surface area contributed by atoms with Crippen molar-refractivity contribution in [3.63, 3.8) is 0 Å². The number of ether oxygens (including phenoxy) is 1. The number of nitrogens with one attached hydrogen (secondary N) is 1. The summed E-state index contributed by atoms with van der Waals surface area (Å²) in [4.78, 5) is 24.5. The zero-order valence-electron chi connectivity index (χ0n) is 17.7. The third-order valence-electron chi connectivity index (χ3n) is 4.99. The Labute approximate surface area is 193 Å². The number of carbonyl (C=O) groups is 1. The molecule has 0 fully saturated rings. The SMILES string of the molecule is Cc1cc(F)ccc1S(=O)(=O)Nc1ccccc1C(=O)OCc1cc(=O)oc2cc(O)ccc12. The molecule has 10 heteroatoms. The number of benzene rings is 3. The molecule has 174 valence electrons. The lowest BCUT2D eigenvalue weighted by Gasteiger charge is -2.14. The summed E-state index contributed by atoms with van der Waals surface area (Å²) in [5.41, 5.74) is -0.101. The standard InChI is InChI=1S/C24H18FNO7S/c1-14-10-16(25)6-9-22(14)34(30,31)26-20-5-3-2-4-19(20)24(29)32-13-15-11-23(28)33-21-12-17(27)7-8-18(15)21/h2-12,26-27H,13H2,1H3. The van der Waals surface area contributed by atoms with Crippen LogP contribution in [0.1, 0.15) is 21.5 Å². The van der Waals surface area contributed by atoms with E-state index >= 15 is 0 Å². The number of para-hydroxylation sites is 1. The predicted molar refractivity (Wildman–Crippen MR) is 122 cm³/mol. The van der Waals surface area contributed by atoms with Crippen LogP contribution < -0.4 is 10.3 Å². The van der Waals surface area contributed by atoms with Gasteiger partial charge in [-0.05, 0) is 55.0 Å². The fourth-order valence-electron chi connectivity index (χ4n) is 3.42. The van der Waals surface area contributed by atoms with E-state index in [1.165, 1.54) is 55.5 Å². The molecule has 4 rings (SSSR count). The minimum Gasteiger partial charge on any atom is -0.508 e. The number of fused-ring (bicyclic) bond motifs is 1. The van der Waals surface area contributed by atoms with Gasteiger partial charge < -0.3 is 14.3 Å². The second kappa shape index (κ2) is 8.99. The number of halogens is 1. The van der Waals surface area contributed by atoms with Gasteiger partial charge in [-0.2, -0.15) is 0 Å². The molecule has 34 heavy (non-hydrogen) atoms. The number of carbonyl (C=O) groups excluding carboxylic acids is 1. The van der Waals surface area contributed by atoms with Crippen LogP contribution in [0.3, 0.4) is 0 Å². The van der Waals surface area contributed by atoms with Gasteiger partial charge in [0.25, 0.3) is 10.0 Å². The van der Waals surface area contributed by atoms with Gasteiger partial charge >= 0.3 is 11.6 Å². The van der Waals surface area contributed by atoms with Crippen molar-refractivity contribution in [3.8, 4) is 5.75 Å². The number of phenols is 1. The van der Waals surface area contributed by atoms with E-state index in [4.69, 9.17) is 9.15 Å². The average Bonchev–Trinajstić information content (AvgIpc) is 2.76. The summed E-state index contributed by atoms with van der Waals surface area (Å²) in [6.07, 6.45) is 0. The molecule has 0 radical (unpaired) electrons. The van der Waals surface area contributed by atoms with Crippen molar-refractivity contribution >= 4 is 32.6 Å². The van der Waals surface area contributed by atoms with Crippen molar-refractivity contribution in [2.24, 2.45) is 0 Å². The zero-order valence-corrected chi connectivity index (χ0v) is 18.6. The van der Waals surface area contributed by atoms with Crippen LogP contribution in [0.4, 0.5) is 10.1 Å². The molecular formula is C24H18FNO7S. The van der Waals surface area contributed by atoms with Crippen molar-refractivity contribution in [2.45, 2.75) is 18.4 Å². The molecule has 2 N–H and O–H groups in total. The Morgan fingerprint density at radius 2 is 1.85 bits per heavy atom. The number of hydrogen-bond acceptors (Lipinski definition) is 7. The fourth-order valence-corrected chi connectivity index (χ4v) is 4.73. The van der Waals surface area contributed by atoms with Crippen molar-refractivity contribution < 1.29 is 31.9 Å².